The van der Waals surface area contributed by atoms with Gasteiger partial charge in [-0.05, 0) is 18.1 Å². The molecule has 0 radical (unpaired) electrons. The van der Waals surface area contributed by atoms with E-state index in [2.05, 4.69) is 15.0 Å². The standard InChI is InChI=1S/C12H18N4O3/c1-7(2)9-5-8(6-10(13)16-9)11(17)15-3-4-19-12(14)18/h5-7H,3-4H2,1-2H3,(H2,13,16)(H2,14,18)(H,15,17). The number of amides is 2. The Hall–Kier alpha value is -2.31. The molecule has 7 nitrogen and oxygen atoms in total. The van der Waals surface area contributed by atoms with Gasteiger partial charge in [-0.1, -0.05) is 13.8 Å². The summed E-state index contributed by atoms with van der Waals surface area (Å²) in [5.74, 6) is 0.169. The molecule has 0 bridgehead atoms. The molecule has 1 heterocycles. The Morgan fingerprint density at radius 3 is 2.68 bits per heavy atom. The maximum Gasteiger partial charge on any atom is 0.404 e. The molecule has 0 aliphatic rings. The van der Waals surface area contributed by atoms with E-state index in [1.807, 2.05) is 13.8 Å². The summed E-state index contributed by atoms with van der Waals surface area (Å²) in [7, 11) is 0. The molecule has 0 saturated carbocycles. The Balaban J connectivity index is 2.64. The molecule has 7 heteroatoms. The second kappa shape index (κ2) is 6.58. The highest BCUT2D eigenvalue weighted by molar-refractivity contribution is 5.94. The molecule has 2 amide bonds. The molecule has 0 saturated heterocycles. The zero-order chi connectivity index (χ0) is 14.4. The average Bonchev–Trinajstić information content (AvgIpc) is 2.33. The Labute approximate surface area is 111 Å². The van der Waals surface area contributed by atoms with Crippen molar-refractivity contribution in [1.29, 1.82) is 0 Å². The van der Waals surface area contributed by atoms with Gasteiger partial charge in [0.2, 0.25) is 0 Å². The number of hydrogen-bond acceptors (Lipinski definition) is 5. The van der Waals surface area contributed by atoms with Gasteiger partial charge in [-0.15, -0.1) is 0 Å². The Kier molecular flexibility index (Phi) is 5.11. The van der Waals surface area contributed by atoms with Crippen molar-refractivity contribution in [1.82, 2.24) is 10.3 Å². The van der Waals surface area contributed by atoms with Crippen LogP contribution in [0.5, 0.6) is 0 Å². The number of nitrogens with two attached hydrogens (primary N) is 2. The fourth-order valence-corrected chi connectivity index (χ4v) is 1.42. The summed E-state index contributed by atoms with van der Waals surface area (Å²) in [6, 6.07) is 3.18. The fraction of sp³-hybridized carbons (Fsp3) is 0.417. The molecule has 104 valence electrons. The van der Waals surface area contributed by atoms with E-state index < -0.39 is 6.09 Å². The number of rotatable bonds is 5. The molecular formula is C12H18N4O3. The molecule has 0 aliphatic heterocycles. The molecule has 0 unspecified atom stereocenters. The highest BCUT2D eigenvalue weighted by atomic mass is 16.5. The molecule has 0 fully saturated rings. The normalized spacial score (nSPS) is 10.3. The van der Waals surface area contributed by atoms with Crippen LogP contribution in [0.3, 0.4) is 0 Å². The Morgan fingerprint density at radius 2 is 2.11 bits per heavy atom. The van der Waals surface area contributed by atoms with E-state index in [1.54, 1.807) is 6.07 Å². The molecule has 1 aromatic heterocycles. The van der Waals surface area contributed by atoms with Gasteiger partial charge in [-0.3, -0.25) is 4.79 Å². The quantitative estimate of drug-likeness (QED) is 0.674. The van der Waals surface area contributed by atoms with Crippen LogP contribution in [-0.2, 0) is 4.74 Å². The number of nitrogens with zero attached hydrogens (tertiary/aromatic N) is 1. The number of anilines is 1. The Bertz CT molecular complexity index is 474. The highest BCUT2D eigenvalue weighted by Crippen LogP contribution is 2.15. The number of primary amides is 1. The number of pyridine rings is 1. The summed E-state index contributed by atoms with van der Waals surface area (Å²) in [5.41, 5.74) is 11.6. The molecule has 1 aromatic rings. The van der Waals surface area contributed by atoms with Crippen LogP contribution in [0.2, 0.25) is 0 Å². The predicted octanol–water partition coefficient (Wildman–Crippen LogP) is 0.612. The van der Waals surface area contributed by atoms with Crippen LogP contribution >= 0.6 is 0 Å². The molecule has 0 atom stereocenters. The van der Waals surface area contributed by atoms with Crippen molar-refractivity contribution >= 4 is 17.8 Å². The van der Waals surface area contributed by atoms with Crippen molar-refractivity contribution in [3.8, 4) is 0 Å². The number of carbonyl (C=O) groups is 2. The van der Waals surface area contributed by atoms with Crippen LogP contribution in [0.15, 0.2) is 12.1 Å². The van der Waals surface area contributed by atoms with E-state index in [0.717, 1.165) is 5.69 Å². The molecule has 5 N–H and O–H groups in total. The van der Waals surface area contributed by atoms with Gasteiger partial charge in [0.15, 0.2) is 0 Å². The summed E-state index contributed by atoms with van der Waals surface area (Å²) in [4.78, 5) is 26.3. The highest BCUT2D eigenvalue weighted by Gasteiger charge is 2.10. The molecule has 1 rings (SSSR count). The summed E-state index contributed by atoms with van der Waals surface area (Å²) >= 11 is 0. The van der Waals surface area contributed by atoms with Gasteiger partial charge in [0.05, 0.1) is 6.54 Å². The van der Waals surface area contributed by atoms with Crippen molar-refractivity contribution < 1.29 is 14.3 Å². The summed E-state index contributed by atoms with van der Waals surface area (Å²) in [5, 5.41) is 2.59. The minimum atomic E-state index is -0.871. The SMILES string of the molecule is CC(C)c1cc(C(=O)NCCOC(N)=O)cc(N)n1. The van der Waals surface area contributed by atoms with Gasteiger partial charge in [-0.2, -0.15) is 0 Å². The topological polar surface area (TPSA) is 120 Å². The first-order valence-electron chi connectivity index (χ1n) is 5.88. The number of ether oxygens (including phenoxy) is 1. The van der Waals surface area contributed by atoms with E-state index in [-0.39, 0.29) is 25.0 Å². The Morgan fingerprint density at radius 1 is 1.42 bits per heavy atom. The van der Waals surface area contributed by atoms with E-state index >= 15 is 0 Å². The summed E-state index contributed by atoms with van der Waals surface area (Å²) < 4.78 is 4.50. The maximum absolute atomic E-state index is 11.9. The van der Waals surface area contributed by atoms with E-state index in [4.69, 9.17) is 11.5 Å². The molecule has 0 aromatic carbocycles. The van der Waals surface area contributed by atoms with Gasteiger partial charge in [0.25, 0.3) is 5.91 Å². The number of carbonyl (C=O) groups excluding carboxylic acids is 2. The lowest BCUT2D eigenvalue weighted by Gasteiger charge is -2.09. The maximum atomic E-state index is 11.9. The van der Waals surface area contributed by atoms with Crippen molar-refractivity contribution in [3.05, 3.63) is 23.4 Å². The average molecular weight is 266 g/mol. The summed E-state index contributed by atoms with van der Waals surface area (Å²) in [6.45, 7) is 4.13. The van der Waals surface area contributed by atoms with Crippen LogP contribution in [0, 0.1) is 0 Å². The second-order valence-electron chi connectivity index (χ2n) is 4.28. The first-order valence-corrected chi connectivity index (χ1v) is 5.88. The lowest BCUT2D eigenvalue weighted by molar-refractivity contribution is 0.0936. The van der Waals surface area contributed by atoms with Crippen molar-refractivity contribution in [3.63, 3.8) is 0 Å². The fourth-order valence-electron chi connectivity index (χ4n) is 1.42. The minimum Gasteiger partial charge on any atom is -0.448 e. The first-order chi connectivity index (χ1) is 8.90. The van der Waals surface area contributed by atoms with Crippen LogP contribution in [0.25, 0.3) is 0 Å². The lowest BCUT2D eigenvalue weighted by atomic mass is 10.1. The monoisotopic (exact) mass is 266 g/mol. The van der Waals surface area contributed by atoms with Crippen molar-refractivity contribution in [2.24, 2.45) is 5.73 Å². The van der Waals surface area contributed by atoms with Crippen LogP contribution < -0.4 is 16.8 Å². The summed E-state index contributed by atoms with van der Waals surface area (Å²) in [6.07, 6.45) is -0.871. The number of aromatic nitrogens is 1. The zero-order valence-electron chi connectivity index (χ0n) is 11.0. The van der Waals surface area contributed by atoms with Gasteiger partial charge >= 0.3 is 6.09 Å². The van der Waals surface area contributed by atoms with E-state index in [0.29, 0.717) is 11.4 Å². The van der Waals surface area contributed by atoms with Crippen molar-refractivity contribution in [2.75, 3.05) is 18.9 Å². The third-order valence-electron chi connectivity index (χ3n) is 2.35. The number of nitrogens with one attached hydrogen (secondary N) is 1. The third-order valence-corrected chi connectivity index (χ3v) is 2.35. The smallest absolute Gasteiger partial charge is 0.404 e. The zero-order valence-corrected chi connectivity index (χ0v) is 11.0. The third kappa shape index (κ3) is 4.82. The largest absolute Gasteiger partial charge is 0.448 e. The lowest BCUT2D eigenvalue weighted by Crippen LogP contribution is -2.29. The second-order valence-corrected chi connectivity index (χ2v) is 4.28. The molecule has 0 spiro atoms. The molecule has 19 heavy (non-hydrogen) atoms. The number of nitrogen functional groups attached to an aromatic ring is 1. The first kappa shape index (κ1) is 14.7. The van der Waals surface area contributed by atoms with E-state index in [1.165, 1.54) is 6.07 Å². The molecule has 0 aliphatic carbocycles. The van der Waals surface area contributed by atoms with Gasteiger partial charge in [0, 0.05) is 11.3 Å². The predicted molar refractivity (Wildman–Crippen MR) is 70.6 cm³/mol. The van der Waals surface area contributed by atoms with Crippen LogP contribution in [0.1, 0.15) is 35.8 Å². The van der Waals surface area contributed by atoms with Crippen LogP contribution in [0.4, 0.5) is 10.6 Å². The van der Waals surface area contributed by atoms with Gasteiger partial charge in [-0.25, -0.2) is 9.78 Å². The minimum absolute atomic E-state index is 0.0265. The molecular weight excluding hydrogens is 248 g/mol. The van der Waals surface area contributed by atoms with Crippen molar-refractivity contribution in [2.45, 2.75) is 19.8 Å². The van der Waals surface area contributed by atoms with Crippen LogP contribution in [-0.4, -0.2) is 30.1 Å². The van der Waals surface area contributed by atoms with Gasteiger partial charge in [0.1, 0.15) is 12.4 Å². The van der Waals surface area contributed by atoms with Gasteiger partial charge < -0.3 is 21.5 Å². The van der Waals surface area contributed by atoms with E-state index in [9.17, 15) is 9.59 Å². The number of hydrogen-bond donors (Lipinski definition) is 3.